The number of rotatable bonds is 6. The molecule has 1 fully saturated rings. The molecule has 1 saturated carbocycles. The average Bonchev–Trinajstić information content (AvgIpc) is 3.33. The number of benzene rings is 2. The normalized spacial score (nSPS) is 18.6. The molecule has 0 aromatic heterocycles. The van der Waals surface area contributed by atoms with Crippen molar-refractivity contribution in [2.45, 2.75) is 25.2 Å². The number of hydrogen-bond acceptors (Lipinski definition) is 2. The smallest absolute Gasteiger partial charge is 0.303 e. The molecule has 0 aliphatic heterocycles. The lowest BCUT2D eigenvalue weighted by molar-refractivity contribution is -0.137. The van der Waals surface area contributed by atoms with Crippen LogP contribution >= 0.6 is 11.6 Å². The van der Waals surface area contributed by atoms with Crippen LogP contribution in [-0.4, -0.2) is 17.0 Å². The number of halogens is 2. The van der Waals surface area contributed by atoms with Crippen LogP contribution in [0, 0.1) is 11.7 Å². The van der Waals surface area contributed by atoms with Crippen LogP contribution < -0.4 is 5.32 Å². The summed E-state index contributed by atoms with van der Waals surface area (Å²) in [5, 5.41) is 11.9. The van der Waals surface area contributed by atoms with E-state index < -0.39 is 5.97 Å². The summed E-state index contributed by atoms with van der Waals surface area (Å²) >= 11 is 6.06. The van der Waals surface area contributed by atoms with E-state index in [1.54, 1.807) is 30.3 Å². The summed E-state index contributed by atoms with van der Waals surface area (Å²) in [4.78, 5) is 23.0. The number of hydrogen-bond donors (Lipinski definition) is 2. The van der Waals surface area contributed by atoms with Crippen LogP contribution in [0.15, 0.2) is 42.5 Å². The molecule has 0 radical (unpaired) electrons. The van der Waals surface area contributed by atoms with Gasteiger partial charge in [0.2, 0.25) is 5.91 Å². The van der Waals surface area contributed by atoms with Crippen molar-refractivity contribution >= 4 is 29.2 Å². The fraction of sp³-hybridized carbons (Fsp3) is 0.263. The lowest BCUT2D eigenvalue weighted by Gasteiger charge is -2.08. The minimum absolute atomic E-state index is 0.0356. The molecule has 25 heavy (non-hydrogen) atoms. The molecule has 0 saturated heterocycles. The minimum Gasteiger partial charge on any atom is -0.481 e. The number of carbonyl (C=O) groups excluding carboxylic acids is 1. The molecule has 0 spiro atoms. The van der Waals surface area contributed by atoms with Gasteiger partial charge in [0.05, 0.1) is 0 Å². The maximum atomic E-state index is 13.9. The number of anilines is 1. The Morgan fingerprint density at radius 2 is 2.00 bits per heavy atom. The van der Waals surface area contributed by atoms with Gasteiger partial charge in [-0.05, 0) is 42.7 Å². The number of amides is 1. The summed E-state index contributed by atoms with van der Waals surface area (Å²) in [5.74, 6) is -1.94. The molecule has 2 unspecified atom stereocenters. The lowest BCUT2D eigenvalue weighted by atomic mass is 10.1. The summed E-state index contributed by atoms with van der Waals surface area (Å²) in [5.41, 5.74) is 1.85. The summed E-state index contributed by atoms with van der Waals surface area (Å²) in [6, 6.07) is 11.6. The molecule has 130 valence electrons. The Bertz CT molecular complexity index is 804. The second-order valence-electron chi connectivity index (χ2n) is 6.17. The van der Waals surface area contributed by atoms with Crippen LogP contribution in [0.1, 0.15) is 29.9 Å². The summed E-state index contributed by atoms with van der Waals surface area (Å²) in [6.45, 7) is 0. The number of carboxylic acids is 1. The van der Waals surface area contributed by atoms with Crippen LogP contribution in [0.5, 0.6) is 0 Å². The van der Waals surface area contributed by atoms with E-state index in [2.05, 4.69) is 5.32 Å². The van der Waals surface area contributed by atoms with Crippen LogP contribution in [0.25, 0.3) is 0 Å². The zero-order valence-corrected chi connectivity index (χ0v) is 14.1. The summed E-state index contributed by atoms with van der Waals surface area (Å²) in [6.07, 6.45) is 0.995. The molecular formula is C19H17ClFNO3. The first-order valence-corrected chi connectivity index (χ1v) is 8.39. The van der Waals surface area contributed by atoms with Gasteiger partial charge in [-0.2, -0.15) is 0 Å². The Labute approximate surface area is 149 Å². The van der Waals surface area contributed by atoms with Crippen molar-refractivity contribution in [2.24, 2.45) is 5.92 Å². The second kappa shape index (κ2) is 7.23. The number of carbonyl (C=O) groups is 2. The molecule has 6 heteroatoms. The SMILES string of the molecule is O=C(O)CCc1cccc(NC(=O)C2CC2c2c(F)cccc2Cl)c1. The van der Waals surface area contributed by atoms with Gasteiger partial charge in [-0.3, -0.25) is 9.59 Å². The fourth-order valence-electron chi connectivity index (χ4n) is 2.96. The second-order valence-corrected chi connectivity index (χ2v) is 6.57. The first-order valence-electron chi connectivity index (χ1n) is 8.01. The highest BCUT2D eigenvalue weighted by atomic mass is 35.5. The molecule has 0 heterocycles. The van der Waals surface area contributed by atoms with Crippen molar-refractivity contribution in [1.82, 2.24) is 0 Å². The van der Waals surface area contributed by atoms with Crippen molar-refractivity contribution in [3.05, 3.63) is 64.4 Å². The van der Waals surface area contributed by atoms with E-state index in [4.69, 9.17) is 16.7 Å². The highest BCUT2D eigenvalue weighted by Crippen LogP contribution is 2.50. The molecule has 2 aromatic carbocycles. The molecule has 0 bridgehead atoms. The third kappa shape index (κ3) is 4.17. The summed E-state index contributed by atoms with van der Waals surface area (Å²) in [7, 11) is 0. The molecule has 2 aromatic rings. The first kappa shape index (κ1) is 17.4. The van der Waals surface area contributed by atoms with Crippen molar-refractivity contribution in [3.63, 3.8) is 0 Å². The van der Waals surface area contributed by atoms with Gasteiger partial charge >= 0.3 is 5.97 Å². The Morgan fingerprint density at radius 1 is 1.24 bits per heavy atom. The Hall–Kier alpha value is -2.40. The van der Waals surface area contributed by atoms with Gasteiger partial charge in [0.15, 0.2) is 0 Å². The van der Waals surface area contributed by atoms with E-state index in [0.717, 1.165) is 5.56 Å². The molecule has 3 rings (SSSR count). The van der Waals surface area contributed by atoms with Gasteiger partial charge in [-0.15, -0.1) is 0 Å². The third-order valence-electron chi connectivity index (χ3n) is 4.32. The van der Waals surface area contributed by atoms with Crippen LogP contribution in [0.4, 0.5) is 10.1 Å². The van der Waals surface area contributed by atoms with E-state index >= 15 is 0 Å². The molecule has 2 N–H and O–H groups in total. The molecule has 1 aliphatic carbocycles. The third-order valence-corrected chi connectivity index (χ3v) is 4.65. The lowest BCUT2D eigenvalue weighted by Crippen LogP contribution is -2.15. The van der Waals surface area contributed by atoms with Crippen molar-refractivity contribution in [1.29, 1.82) is 0 Å². The number of aryl methyl sites for hydroxylation is 1. The maximum Gasteiger partial charge on any atom is 0.303 e. The Kier molecular flexibility index (Phi) is 5.04. The predicted octanol–water partition coefficient (Wildman–Crippen LogP) is 4.24. The van der Waals surface area contributed by atoms with E-state index in [1.807, 2.05) is 6.07 Å². The molecule has 4 nitrogen and oxygen atoms in total. The van der Waals surface area contributed by atoms with E-state index in [0.29, 0.717) is 29.1 Å². The fourth-order valence-corrected chi connectivity index (χ4v) is 3.26. The molecule has 2 atom stereocenters. The van der Waals surface area contributed by atoms with Crippen molar-refractivity contribution < 1.29 is 19.1 Å². The highest BCUT2D eigenvalue weighted by molar-refractivity contribution is 6.31. The maximum absolute atomic E-state index is 13.9. The largest absolute Gasteiger partial charge is 0.481 e. The molecule has 1 amide bonds. The van der Waals surface area contributed by atoms with Crippen LogP contribution in [-0.2, 0) is 16.0 Å². The van der Waals surface area contributed by atoms with E-state index in [-0.39, 0.29) is 30.0 Å². The van der Waals surface area contributed by atoms with Crippen LogP contribution in [0.3, 0.4) is 0 Å². The van der Waals surface area contributed by atoms with Gasteiger partial charge in [-0.25, -0.2) is 4.39 Å². The van der Waals surface area contributed by atoms with Gasteiger partial charge < -0.3 is 10.4 Å². The van der Waals surface area contributed by atoms with Gasteiger partial charge in [-0.1, -0.05) is 29.8 Å². The van der Waals surface area contributed by atoms with Crippen molar-refractivity contribution in [3.8, 4) is 0 Å². The first-order chi connectivity index (χ1) is 12.0. The zero-order chi connectivity index (χ0) is 18.0. The average molecular weight is 362 g/mol. The van der Waals surface area contributed by atoms with Crippen LogP contribution in [0.2, 0.25) is 5.02 Å². The van der Waals surface area contributed by atoms with Gasteiger partial charge in [0, 0.05) is 34.5 Å². The Morgan fingerprint density at radius 3 is 2.72 bits per heavy atom. The van der Waals surface area contributed by atoms with Gasteiger partial charge in [0.25, 0.3) is 0 Å². The monoisotopic (exact) mass is 361 g/mol. The highest BCUT2D eigenvalue weighted by Gasteiger charge is 2.46. The predicted molar refractivity (Wildman–Crippen MR) is 93.3 cm³/mol. The molecule has 1 aliphatic rings. The van der Waals surface area contributed by atoms with Crippen molar-refractivity contribution in [2.75, 3.05) is 5.32 Å². The quantitative estimate of drug-likeness (QED) is 0.808. The zero-order valence-electron chi connectivity index (χ0n) is 13.3. The standard InChI is InChI=1S/C19H17ClFNO3/c20-15-5-2-6-16(21)18(15)13-10-14(13)19(25)22-12-4-1-3-11(9-12)7-8-17(23)24/h1-6,9,13-14H,7-8,10H2,(H,22,25)(H,23,24). The number of aliphatic carboxylic acids is 1. The van der Waals surface area contributed by atoms with Gasteiger partial charge in [0.1, 0.15) is 5.82 Å². The minimum atomic E-state index is -0.864. The number of carboxylic acid groups (broad SMARTS) is 1. The molecular weight excluding hydrogens is 345 g/mol. The summed E-state index contributed by atoms with van der Waals surface area (Å²) < 4.78 is 13.9. The topological polar surface area (TPSA) is 66.4 Å². The van der Waals surface area contributed by atoms with E-state index in [1.165, 1.54) is 6.07 Å². The van der Waals surface area contributed by atoms with E-state index in [9.17, 15) is 14.0 Å². The number of nitrogens with one attached hydrogen (secondary N) is 1. The Balaban J connectivity index is 1.64.